The molecule has 21 heavy (non-hydrogen) atoms. The fourth-order valence-corrected chi connectivity index (χ4v) is 3.71. The van der Waals surface area contributed by atoms with Gasteiger partial charge < -0.3 is 9.47 Å². The Morgan fingerprint density at radius 2 is 2.24 bits per heavy atom. The van der Waals surface area contributed by atoms with E-state index in [4.69, 9.17) is 9.47 Å². The molecule has 2 aliphatic rings. The minimum atomic E-state index is -0.0229. The van der Waals surface area contributed by atoms with Crippen LogP contribution in [-0.2, 0) is 22.6 Å². The first-order valence-corrected chi connectivity index (χ1v) is 7.87. The maximum atomic E-state index is 12.1. The van der Waals surface area contributed by atoms with Crippen LogP contribution in [0.5, 0.6) is 0 Å². The second-order valence-corrected chi connectivity index (χ2v) is 6.50. The Balaban J connectivity index is 1.63. The molecule has 1 aliphatic carbocycles. The zero-order valence-corrected chi connectivity index (χ0v) is 12.7. The average molecular weight is 292 g/mol. The van der Waals surface area contributed by atoms with Crippen molar-refractivity contribution in [3.8, 4) is 0 Å². The van der Waals surface area contributed by atoms with Crippen LogP contribution in [0.15, 0.2) is 17.2 Å². The molecule has 1 aliphatic heterocycles. The van der Waals surface area contributed by atoms with Gasteiger partial charge in [-0.15, -0.1) is 0 Å². The molecular formula is C16H24N2O3. The Morgan fingerprint density at radius 1 is 1.43 bits per heavy atom. The topological polar surface area (TPSA) is 53.4 Å². The van der Waals surface area contributed by atoms with Gasteiger partial charge in [-0.2, -0.15) is 0 Å². The smallest absolute Gasteiger partial charge is 0.253 e. The van der Waals surface area contributed by atoms with E-state index in [1.54, 1.807) is 24.1 Å². The van der Waals surface area contributed by atoms with Crippen LogP contribution in [-0.4, -0.2) is 29.4 Å². The molecule has 0 radical (unpaired) electrons. The molecule has 1 atom stereocenters. The molecule has 1 aromatic rings. The number of hydrogen-bond donors (Lipinski definition) is 0. The molecule has 1 saturated carbocycles. The van der Waals surface area contributed by atoms with Crippen molar-refractivity contribution in [1.82, 2.24) is 9.55 Å². The van der Waals surface area contributed by atoms with E-state index in [2.05, 4.69) is 4.98 Å². The van der Waals surface area contributed by atoms with E-state index < -0.39 is 0 Å². The zero-order chi connectivity index (χ0) is 14.7. The molecule has 0 bridgehead atoms. The van der Waals surface area contributed by atoms with E-state index in [1.807, 2.05) is 0 Å². The number of methoxy groups -OCH3 is 1. The zero-order valence-electron chi connectivity index (χ0n) is 12.7. The molecular weight excluding hydrogens is 268 g/mol. The molecule has 5 heteroatoms. The standard InChI is InChI=1S/C16H24N2O3/c1-20-10-13-7-15(19)18(12-17-13)9-14-8-16(11-21-14)5-3-2-4-6-16/h7,12,14H,2-6,8-11H2,1H3. The maximum absolute atomic E-state index is 12.1. The van der Waals surface area contributed by atoms with E-state index in [-0.39, 0.29) is 11.7 Å². The van der Waals surface area contributed by atoms with Crippen LogP contribution in [0.1, 0.15) is 44.2 Å². The van der Waals surface area contributed by atoms with Crippen molar-refractivity contribution in [1.29, 1.82) is 0 Å². The van der Waals surface area contributed by atoms with E-state index >= 15 is 0 Å². The van der Waals surface area contributed by atoms with Crippen molar-refractivity contribution < 1.29 is 9.47 Å². The van der Waals surface area contributed by atoms with Crippen molar-refractivity contribution in [3.05, 3.63) is 28.4 Å². The van der Waals surface area contributed by atoms with Crippen molar-refractivity contribution in [3.63, 3.8) is 0 Å². The molecule has 3 rings (SSSR count). The first kappa shape index (κ1) is 14.7. The Labute approximate surface area is 125 Å². The summed E-state index contributed by atoms with van der Waals surface area (Å²) in [5.74, 6) is 0. The van der Waals surface area contributed by atoms with Gasteiger partial charge in [0.1, 0.15) is 0 Å². The number of hydrogen-bond acceptors (Lipinski definition) is 4. The second-order valence-electron chi connectivity index (χ2n) is 6.50. The SMILES string of the molecule is COCc1cc(=O)n(CC2CC3(CCCCC3)CO2)cn1. The summed E-state index contributed by atoms with van der Waals surface area (Å²) in [6.07, 6.45) is 9.41. The number of rotatable bonds is 4. The molecule has 1 saturated heterocycles. The molecule has 0 amide bonds. The maximum Gasteiger partial charge on any atom is 0.253 e. The van der Waals surface area contributed by atoms with Gasteiger partial charge >= 0.3 is 0 Å². The van der Waals surface area contributed by atoms with E-state index in [0.717, 1.165) is 13.0 Å². The predicted octanol–water partition coefficient (Wildman–Crippen LogP) is 2.13. The molecule has 1 unspecified atom stereocenters. The molecule has 116 valence electrons. The summed E-state index contributed by atoms with van der Waals surface area (Å²) in [6.45, 7) is 1.85. The van der Waals surface area contributed by atoms with Gasteiger partial charge in [0.25, 0.3) is 5.56 Å². The van der Waals surface area contributed by atoms with Gasteiger partial charge in [-0.1, -0.05) is 19.3 Å². The highest BCUT2D eigenvalue weighted by Gasteiger charge is 2.40. The quantitative estimate of drug-likeness (QED) is 0.853. The van der Waals surface area contributed by atoms with Crippen LogP contribution in [0.3, 0.4) is 0 Å². The third-order valence-electron chi connectivity index (χ3n) is 4.83. The van der Waals surface area contributed by atoms with Crippen LogP contribution >= 0.6 is 0 Å². The minimum Gasteiger partial charge on any atom is -0.378 e. The van der Waals surface area contributed by atoms with Crippen LogP contribution < -0.4 is 5.56 Å². The molecule has 0 N–H and O–H groups in total. The van der Waals surface area contributed by atoms with Crippen LogP contribution in [0.25, 0.3) is 0 Å². The van der Waals surface area contributed by atoms with Crippen molar-refractivity contribution in [2.24, 2.45) is 5.41 Å². The fraction of sp³-hybridized carbons (Fsp3) is 0.750. The summed E-state index contributed by atoms with van der Waals surface area (Å²) in [5, 5.41) is 0. The normalized spacial score (nSPS) is 24.5. The molecule has 1 spiro atoms. The van der Waals surface area contributed by atoms with Crippen LogP contribution in [0.4, 0.5) is 0 Å². The van der Waals surface area contributed by atoms with Gasteiger partial charge in [-0.3, -0.25) is 9.36 Å². The molecule has 0 aromatic carbocycles. The highest BCUT2D eigenvalue weighted by molar-refractivity contribution is 4.99. The fourth-order valence-electron chi connectivity index (χ4n) is 3.71. The van der Waals surface area contributed by atoms with Gasteiger partial charge in [0, 0.05) is 13.2 Å². The van der Waals surface area contributed by atoms with E-state index in [9.17, 15) is 4.79 Å². The number of nitrogens with zero attached hydrogens (tertiary/aromatic N) is 2. The third-order valence-corrected chi connectivity index (χ3v) is 4.83. The van der Waals surface area contributed by atoms with Gasteiger partial charge in [0.05, 0.1) is 37.9 Å². The van der Waals surface area contributed by atoms with E-state index in [0.29, 0.717) is 24.3 Å². The number of ether oxygens (including phenoxy) is 2. The highest BCUT2D eigenvalue weighted by atomic mass is 16.5. The Bertz CT molecular complexity index is 535. The van der Waals surface area contributed by atoms with Crippen molar-refractivity contribution in [2.45, 2.75) is 57.8 Å². The van der Waals surface area contributed by atoms with E-state index in [1.165, 1.54) is 32.1 Å². The van der Waals surface area contributed by atoms with Crippen molar-refractivity contribution in [2.75, 3.05) is 13.7 Å². The first-order valence-electron chi connectivity index (χ1n) is 7.87. The van der Waals surface area contributed by atoms with Gasteiger partial charge in [-0.05, 0) is 24.7 Å². The van der Waals surface area contributed by atoms with Gasteiger partial charge in [-0.25, -0.2) is 4.98 Å². The summed E-state index contributed by atoms with van der Waals surface area (Å²) in [6, 6.07) is 1.55. The average Bonchev–Trinajstić information content (AvgIpc) is 2.86. The molecule has 2 fully saturated rings. The Hall–Kier alpha value is -1.20. The van der Waals surface area contributed by atoms with Crippen molar-refractivity contribution >= 4 is 0 Å². The summed E-state index contributed by atoms with van der Waals surface area (Å²) >= 11 is 0. The lowest BCUT2D eigenvalue weighted by Gasteiger charge is -2.31. The molecule has 2 heterocycles. The predicted molar refractivity (Wildman–Crippen MR) is 79.1 cm³/mol. The third kappa shape index (κ3) is 3.35. The van der Waals surface area contributed by atoms with Gasteiger partial charge in [0.2, 0.25) is 0 Å². The summed E-state index contributed by atoms with van der Waals surface area (Å²) in [4.78, 5) is 16.3. The van der Waals surface area contributed by atoms with Gasteiger partial charge in [0.15, 0.2) is 0 Å². The lowest BCUT2D eigenvalue weighted by Crippen LogP contribution is -2.28. The summed E-state index contributed by atoms with van der Waals surface area (Å²) in [5.41, 5.74) is 1.04. The largest absolute Gasteiger partial charge is 0.378 e. The van der Waals surface area contributed by atoms with Crippen LogP contribution in [0, 0.1) is 5.41 Å². The van der Waals surface area contributed by atoms with Crippen LogP contribution in [0.2, 0.25) is 0 Å². The first-order chi connectivity index (χ1) is 10.2. The Morgan fingerprint density at radius 3 is 2.95 bits per heavy atom. The lowest BCUT2D eigenvalue weighted by molar-refractivity contribution is 0.0750. The second kappa shape index (κ2) is 6.28. The molecule has 1 aromatic heterocycles. The highest BCUT2D eigenvalue weighted by Crippen LogP contribution is 2.45. The lowest BCUT2D eigenvalue weighted by atomic mass is 9.73. The number of aromatic nitrogens is 2. The monoisotopic (exact) mass is 292 g/mol. The molecule has 5 nitrogen and oxygen atoms in total. The Kier molecular flexibility index (Phi) is 4.40. The minimum absolute atomic E-state index is 0.0229. The summed E-state index contributed by atoms with van der Waals surface area (Å²) in [7, 11) is 1.60. The summed E-state index contributed by atoms with van der Waals surface area (Å²) < 4.78 is 12.6.